The van der Waals surface area contributed by atoms with E-state index in [1.165, 1.54) is 10.9 Å². The van der Waals surface area contributed by atoms with Crippen LogP contribution in [-0.2, 0) is 22.6 Å². The van der Waals surface area contributed by atoms with E-state index >= 15 is 0 Å². The molecule has 9 nitrogen and oxygen atoms in total. The second-order valence-corrected chi connectivity index (χ2v) is 4.28. The van der Waals surface area contributed by atoms with Crippen LogP contribution in [0.3, 0.4) is 0 Å². The highest BCUT2D eigenvalue weighted by Crippen LogP contribution is 2.01. The zero-order chi connectivity index (χ0) is 15.8. The first-order chi connectivity index (χ1) is 10.7. The Morgan fingerprint density at radius 2 is 2.09 bits per heavy atom. The van der Waals surface area contributed by atoms with Crippen LogP contribution in [0.5, 0.6) is 0 Å². The van der Waals surface area contributed by atoms with Crippen molar-refractivity contribution >= 4 is 17.8 Å². The van der Waals surface area contributed by atoms with Gasteiger partial charge >= 0.3 is 6.09 Å². The van der Waals surface area contributed by atoms with Gasteiger partial charge in [0.15, 0.2) is 5.82 Å². The molecule has 2 aromatic heterocycles. The maximum absolute atomic E-state index is 11.8. The van der Waals surface area contributed by atoms with Gasteiger partial charge in [0.1, 0.15) is 6.54 Å². The summed E-state index contributed by atoms with van der Waals surface area (Å²) in [5.41, 5.74) is 0.951. The lowest BCUT2D eigenvalue weighted by Gasteiger charge is -2.04. The first kappa shape index (κ1) is 15.4. The van der Waals surface area contributed by atoms with Crippen LogP contribution >= 0.6 is 0 Å². The highest BCUT2D eigenvalue weighted by atomic mass is 16.5. The van der Waals surface area contributed by atoms with Crippen LogP contribution in [0, 0.1) is 0 Å². The molecule has 2 amide bonds. The highest BCUT2D eigenvalue weighted by Gasteiger charge is 2.08. The van der Waals surface area contributed by atoms with Crippen molar-refractivity contribution in [3.8, 4) is 0 Å². The Labute approximate surface area is 126 Å². The topological polar surface area (TPSA) is 111 Å². The Morgan fingerprint density at radius 1 is 1.32 bits per heavy atom. The second-order valence-electron chi connectivity index (χ2n) is 4.28. The number of carbonyl (C=O) groups excluding carboxylic acids is 2. The Hall–Kier alpha value is -2.97. The van der Waals surface area contributed by atoms with E-state index in [1.807, 2.05) is 12.1 Å². The van der Waals surface area contributed by atoms with E-state index in [9.17, 15) is 9.59 Å². The van der Waals surface area contributed by atoms with Crippen LogP contribution in [0.2, 0.25) is 0 Å². The summed E-state index contributed by atoms with van der Waals surface area (Å²) in [5.74, 6) is 0.00443. The van der Waals surface area contributed by atoms with Crippen molar-refractivity contribution in [1.29, 1.82) is 0 Å². The summed E-state index contributed by atoms with van der Waals surface area (Å²) < 4.78 is 6.04. The van der Waals surface area contributed by atoms with Crippen LogP contribution in [0.1, 0.15) is 12.5 Å². The fourth-order valence-electron chi connectivity index (χ4n) is 1.61. The second kappa shape index (κ2) is 7.72. The zero-order valence-electron chi connectivity index (χ0n) is 12.0. The van der Waals surface area contributed by atoms with Crippen molar-refractivity contribution < 1.29 is 14.3 Å². The third kappa shape index (κ3) is 4.85. The van der Waals surface area contributed by atoms with E-state index in [0.717, 1.165) is 5.56 Å². The molecule has 0 atom stereocenters. The monoisotopic (exact) mass is 304 g/mol. The van der Waals surface area contributed by atoms with Crippen LogP contribution in [0.25, 0.3) is 0 Å². The van der Waals surface area contributed by atoms with Crippen molar-refractivity contribution in [2.45, 2.75) is 20.0 Å². The molecule has 0 spiro atoms. The van der Waals surface area contributed by atoms with Crippen LogP contribution in [0.15, 0.2) is 30.7 Å². The van der Waals surface area contributed by atoms with Crippen molar-refractivity contribution in [2.75, 3.05) is 11.9 Å². The standard InChI is InChI=1S/C13H16N6O3/c1-2-22-13(21)16-11-8-19(18-17-11)9-12(20)15-7-10-3-5-14-6-4-10/h3-6,8H,2,7,9H2,1H3,(H,15,20)(H,16,21). The molecular formula is C13H16N6O3. The smallest absolute Gasteiger partial charge is 0.412 e. The number of nitrogens with one attached hydrogen (secondary N) is 2. The summed E-state index contributed by atoms with van der Waals surface area (Å²) in [7, 11) is 0. The molecule has 0 saturated heterocycles. The van der Waals surface area contributed by atoms with Gasteiger partial charge in [0.25, 0.3) is 0 Å². The third-order valence-electron chi connectivity index (χ3n) is 2.59. The molecule has 0 aliphatic heterocycles. The summed E-state index contributed by atoms with van der Waals surface area (Å²) in [6.45, 7) is 2.37. The van der Waals surface area contributed by atoms with Gasteiger partial charge < -0.3 is 10.1 Å². The van der Waals surface area contributed by atoms with Gasteiger partial charge in [-0.1, -0.05) is 5.21 Å². The molecule has 0 unspecified atom stereocenters. The summed E-state index contributed by atoms with van der Waals surface area (Å²) in [6.07, 6.45) is 4.15. The molecule has 0 radical (unpaired) electrons. The molecule has 116 valence electrons. The van der Waals surface area contributed by atoms with E-state index in [4.69, 9.17) is 4.74 Å². The molecule has 2 heterocycles. The van der Waals surface area contributed by atoms with E-state index in [0.29, 0.717) is 6.54 Å². The number of pyridine rings is 1. The molecule has 22 heavy (non-hydrogen) atoms. The third-order valence-corrected chi connectivity index (χ3v) is 2.59. The van der Waals surface area contributed by atoms with Crippen LogP contribution in [-0.4, -0.2) is 38.6 Å². The predicted octanol–water partition coefficient (Wildman–Crippen LogP) is 0.558. The largest absolute Gasteiger partial charge is 0.450 e. The first-order valence-corrected chi connectivity index (χ1v) is 6.67. The molecule has 0 fully saturated rings. The van der Waals surface area contributed by atoms with Gasteiger partial charge in [-0.25, -0.2) is 9.48 Å². The minimum absolute atomic E-state index is 0.00257. The predicted molar refractivity (Wildman–Crippen MR) is 76.8 cm³/mol. The molecule has 2 aromatic rings. The fraction of sp³-hybridized carbons (Fsp3) is 0.308. The molecule has 0 aliphatic rings. The molecule has 2 N–H and O–H groups in total. The zero-order valence-corrected chi connectivity index (χ0v) is 12.0. The Kier molecular flexibility index (Phi) is 5.41. The molecule has 2 rings (SSSR count). The average Bonchev–Trinajstić information content (AvgIpc) is 2.93. The van der Waals surface area contributed by atoms with E-state index < -0.39 is 6.09 Å². The molecular weight excluding hydrogens is 288 g/mol. The molecule has 0 bridgehead atoms. The number of ether oxygens (including phenoxy) is 1. The Bertz CT molecular complexity index is 628. The summed E-state index contributed by atoms with van der Waals surface area (Å²) in [6, 6.07) is 3.63. The molecule has 0 aliphatic carbocycles. The van der Waals surface area contributed by atoms with Gasteiger partial charge in [0.05, 0.1) is 12.8 Å². The SMILES string of the molecule is CCOC(=O)Nc1cn(CC(=O)NCc2ccncc2)nn1. The maximum atomic E-state index is 11.8. The van der Waals surface area contributed by atoms with Crippen LogP contribution in [0.4, 0.5) is 10.6 Å². The number of amides is 2. The van der Waals surface area contributed by atoms with Crippen molar-refractivity contribution in [3.05, 3.63) is 36.3 Å². The van der Waals surface area contributed by atoms with E-state index in [2.05, 4.69) is 25.9 Å². The van der Waals surface area contributed by atoms with Gasteiger partial charge in [-0.15, -0.1) is 5.10 Å². The minimum atomic E-state index is -0.614. The Morgan fingerprint density at radius 3 is 2.82 bits per heavy atom. The molecule has 0 aromatic carbocycles. The van der Waals surface area contributed by atoms with E-state index in [-0.39, 0.29) is 24.9 Å². The highest BCUT2D eigenvalue weighted by molar-refractivity contribution is 5.83. The fourth-order valence-corrected chi connectivity index (χ4v) is 1.61. The molecule has 9 heteroatoms. The van der Waals surface area contributed by atoms with Gasteiger partial charge in [-0.05, 0) is 24.6 Å². The van der Waals surface area contributed by atoms with Crippen molar-refractivity contribution in [3.63, 3.8) is 0 Å². The van der Waals surface area contributed by atoms with Gasteiger partial charge in [-0.3, -0.25) is 15.1 Å². The number of hydrogen-bond acceptors (Lipinski definition) is 6. The van der Waals surface area contributed by atoms with E-state index in [1.54, 1.807) is 19.3 Å². The lowest BCUT2D eigenvalue weighted by Crippen LogP contribution is -2.27. The Balaban J connectivity index is 1.79. The number of anilines is 1. The van der Waals surface area contributed by atoms with Gasteiger partial charge in [0, 0.05) is 18.9 Å². The number of aromatic nitrogens is 4. The summed E-state index contributed by atoms with van der Waals surface area (Å²) in [5, 5.41) is 12.6. The molecule has 0 saturated carbocycles. The van der Waals surface area contributed by atoms with Crippen molar-refractivity contribution in [1.82, 2.24) is 25.3 Å². The quantitative estimate of drug-likeness (QED) is 0.806. The summed E-state index contributed by atoms with van der Waals surface area (Å²) >= 11 is 0. The summed E-state index contributed by atoms with van der Waals surface area (Å²) in [4.78, 5) is 26.9. The van der Waals surface area contributed by atoms with Crippen molar-refractivity contribution in [2.24, 2.45) is 0 Å². The van der Waals surface area contributed by atoms with Gasteiger partial charge in [-0.2, -0.15) is 0 Å². The lowest BCUT2D eigenvalue weighted by molar-refractivity contribution is -0.122. The average molecular weight is 304 g/mol. The number of carbonyl (C=O) groups is 2. The number of nitrogens with zero attached hydrogens (tertiary/aromatic N) is 4. The van der Waals surface area contributed by atoms with Crippen LogP contribution < -0.4 is 10.6 Å². The number of hydrogen-bond donors (Lipinski definition) is 2. The maximum Gasteiger partial charge on any atom is 0.412 e. The number of rotatable bonds is 6. The van der Waals surface area contributed by atoms with Gasteiger partial charge in [0.2, 0.25) is 5.91 Å². The minimum Gasteiger partial charge on any atom is -0.450 e. The first-order valence-electron chi connectivity index (χ1n) is 6.67. The lowest BCUT2D eigenvalue weighted by atomic mass is 10.3. The normalized spacial score (nSPS) is 10.0.